The number of rotatable bonds is 3. The van der Waals surface area contributed by atoms with Crippen LogP contribution >= 0.6 is 0 Å². The van der Waals surface area contributed by atoms with Crippen molar-refractivity contribution in [3.8, 4) is 0 Å². The quantitative estimate of drug-likeness (QED) is 0.718. The molecule has 1 aromatic rings. The van der Waals surface area contributed by atoms with Gasteiger partial charge < -0.3 is 5.11 Å². The van der Waals surface area contributed by atoms with Gasteiger partial charge >= 0.3 is 5.97 Å². The fraction of sp³-hybridized carbons (Fsp3) is 0.333. The lowest BCUT2D eigenvalue weighted by molar-refractivity contribution is 0.0692. The molecule has 0 atom stereocenters. The van der Waals surface area contributed by atoms with E-state index in [1.165, 1.54) is 6.20 Å². The molecule has 5 heteroatoms. The summed E-state index contributed by atoms with van der Waals surface area (Å²) in [4.78, 5) is 29.0. The fourth-order valence-corrected chi connectivity index (χ4v) is 1.20. The van der Waals surface area contributed by atoms with Crippen molar-refractivity contribution in [2.24, 2.45) is 0 Å². The first-order valence-electron chi connectivity index (χ1n) is 4.27. The summed E-state index contributed by atoms with van der Waals surface area (Å²) in [5, 5.41) is 8.70. The van der Waals surface area contributed by atoms with Gasteiger partial charge in [0.25, 0.3) is 0 Å². The largest absolute Gasteiger partial charge is 0.478 e. The van der Waals surface area contributed by atoms with Crippen molar-refractivity contribution in [2.45, 2.75) is 18.8 Å². The Morgan fingerprint density at radius 3 is 2.79 bits per heavy atom. The average molecular weight is 192 g/mol. The predicted octanol–water partition coefficient (Wildman–Crippen LogP) is 0.865. The number of carbonyl (C=O) groups is 2. The van der Waals surface area contributed by atoms with E-state index in [9.17, 15) is 9.59 Å². The van der Waals surface area contributed by atoms with Crippen LogP contribution in [0.4, 0.5) is 0 Å². The SMILES string of the molecule is O=Cc1nc(C2CC2)ncc1C(=O)O. The van der Waals surface area contributed by atoms with Crippen LogP contribution in [0.1, 0.15) is 45.4 Å². The zero-order chi connectivity index (χ0) is 10.1. The number of aromatic nitrogens is 2. The highest BCUT2D eigenvalue weighted by atomic mass is 16.4. The third-order valence-corrected chi connectivity index (χ3v) is 2.12. The molecule has 0 amide bonds. The van der Waals surface area contributed by atoms with Crippen LogP contribution in [0.25, 0.3) is 0 Å². The van der Waals surface area contributed by atoms with Gasteiger partial charge in [-0.05, 0) is 12.8 Å². The summed E-state index contributed by atoms with van der Waals surface area (Å²) >= 11 is 0. The van der Waals surface area contributed by atoms with Crippen molar-refractivity contribution in [3.05, 3.63) is 23.3 Å². The van der Waals surface area contributed by atoms with E-state index in [0.717, 1.165) is 12.8 Å². The van der Waals surface area contributed by atoms with Gasteiger partial charge in [0.2, 0.25) is 0 Å². The Kier molecular flexibility index (Phi) is 1.99. The number of carboxylic acid groups (broad SMARTS) is 1. The summed E-state index contributed by atoms with van der Waals surface area (Å²) in [7, 11) is 0. The van der Waals surface area contributed by atoms with Gasteiger partial charge in [0, 0.05) is 12.1 Å². The first kappa shape index (κ1) is 8.80. The minimum atomic E-state index is -1.17. The van der Waals surface area contributed by atoms with Crippen molar-refractivity contribution in [1.29, 1.82) is 0 Å². The van der Waals surface area contributed by atoms with E-state index in [1.54, 1.807) is 0 Å². The summed E-state index contributed by atoms with van der Waals surface area (Å²) < 4.78 is 0. The van der Waals surface area contributed by atoms with Gasteiger partial charge in [-0.1, -0.05) is 0 Å². The topological polar surface area (TPSA) is 80.2 Å². The molecule has 0 spiro atoms. The summed E-state index contributed by atoms with van der Waals surface area (Å²) in [5.74, 6) is -0.275. The zero-order valence-electron chi connectivity index (χ0n) is 7.30. The van der Waals surface area contributed by atoms with Gasteiger partial charge in [0.1, 0.15) is 17.1 Å². The smallest absolute Gasteiger partial charge is 0.339 e. The highest BCUT2D eigenvalue weighted by molar-refractivity contribution is 5.95. The Bertz CT molecular complexity index is 399. The lowest BCUT2D eigenvalue weighted by atomic mass is 10.2. The van der Waals surface area contributed by atoms with Crippen molar-refractivity contribution in [1.82, 2.24) is 9.97 Å². The zero-order valence-corrected chi connectivity index (χ0v) is 7.30. The second-order valence-electron chi connectivity index (χ2n) is 3.22. The normalized spacial score (nSPS) is 15.1. The Morgan fingerprint density at radius 1 is 1.57 bits per heavy atom. The highest BCUT2D eigenvalue weighted by Gasteiger charge is 2.27. The van der Waals surface area contributed by atoms with E-state index < -0.39 is 5.97 Å². The predicted molar refractivity (Wildman–Crippen MR) is 46.4 cm³/mol. The van der Waals surface area contributed by atoms with E-state index >= 15 is 0 Å². The van der Waals surface area contributed by atoms with E-state index in [0.29, 0.717) is 18.0 Å². The third kappa shape index (κ3) is 1.48. The molecule has 0 unspecified atom stereocenters. The first-order chi connectivity index (χ1) is 6.72. The van der Waals surface area contributed by atoms with E-state index in [-0.39, 0.29) is 11.3 Å². The van der Waals surface area contributed by atoms with Crippen LogP contribution in [0.15, 0.2) is 6.20 Å². The molecule has 0 aromatic carbocycles. The Balaban J connectivity index is 2.43. The van der Waals surface area contributed by atoms with Gasteiger partial charge in [0.05, 0.1) is 0 Å². The maximum Gasteiger partial charge on any atom is 0.339 e. The van der Waals surface area contributed by atoms with Gasteiger partial charge in [-0.3, -0.25) is 4.79 Å². The van der Waals surface area contributed by atoms with Crippen molar-refractivity contribution in [3.63, 3.8) is 0 Å². The van der Waals surface area contributed by atoms with Crippen LogP contribution < -0.4 is 0 Å². The maximum absolute atomic E-state index is 10.6. The molecule has 0 bridgehead atoms. The Morgan fingerprint density at radius 2 is 2.29 bits per heavy atom. The van der Waals surface area contributed by atoms with E-state index in [2.05, 4.69) is 9.97 Å². The van der Waals surface area contributed by atoms with Crippen molar-refractivity contribution >= 4 is 12.3 Å². The molecule has 5 nitrogen and oxygen atoms in total. The lowest BCUT2D eigenvalue weighted by Crippen LogP contribution is -2.07. The van der Waals surface area contributed by atoms with Crippen molar-refractivity contribution < 1.29 is 14.7 Å². The summed E-state index contributed by atoms with van der Waals surface area (Å²) in [6.07, 6.45) is 3.69. The molecular weight excluding hydrogens is 184 g/mol. The average Bonchev–Trinajstić information content (AvgIpc) is 3.00. The number of hydrogen-bond donors (Lipinski definition) is 1. The molecule has 0 aliphatic heterocycles. The van der Waals surface area contributed by atoms with Gasteiger partial charge in [0.15, 0.2) is 6.29 Å². The molecule has 1 fully saturated rings. The summed E-state index contributed by atoms with van der Waals surface area (Å²) in [5.41, 5.74) is -0.168. The lowest BCUT2D eigenvalue weighted by Gasteiger charge is -2.00. The molecule has 1 saturated carbocycles. The summed E-state index contributed by atoms with van der Waals surface area (Å²) in [6, 6.07) is 0. The standard InChI is InChI=1S/C9H8N2O3/c12-4-7-6(9(13)14)3-10-8(11-7)5-1-2-5/h3-5H,1-2H2,(H,13,14). The molecule has 72 valence electrons. The van der Waals surface area contributed by atoms with E-state index in [4.69, 9.17) is 5.11 Å². The maximum atomic E-state index is 10.6. The first-order valence-corrected chi connectivity index (χ1v) is 4.27. The minimum absolute atomic E-state index is 0.0330. The van der Waals surface area contributed by atoms with E-state index in [1.807, 2.05) is 0 Å². The second-order valence-corrected chi connectivity index (χ2v) is 3.22. The molecule has 1 N–H and O–H groups in total. The van der Waals surface area contributed by atoms with Crippen molar-refractivity contribution in [2.75, 3.05) is 0 Å². The number of carbonyl (C=O) groups excluding carboxylic acids is 1. The molecule has 0 saturated heterocycles. The molecule has 1 aliphatic rings. The van der Waals surface area contributed by atoms with Crippen LogP contribution in [0.2, 0.25) is 0 Å². The van der Waals surface area contributed by atoms with Gasteiger partial charge in [-0.25, -0.2) is 14.8 Å². The molecule has 1 heterocycles. The van der Waals surface area contributed by atoms with Crippen LogP contribution in [-0.2, 0) is 0 Å². The van der Waals surface area contributed by atoms with Crippen LogP contribution in [0.5, 0.6) is 0 Å². The second kappa shape index (κ2) is 3.17. The van der Waals surface area contributed by atoms with Gasteiger partial charge in [-0.15, -0.1) is 0 Å². The monoisotopic (exact) mass is 192 g/mol. The molecule has 1 aliphatic carbocycles. The minimum Gasteiger partial charge on any atom is -0.478 e. The number of aromatic carboxylic acids is 1. The molecule has 14 heavy (non-hydrogen) atoms. The van der Waals surface area contributed by atoms with Crippen LogP contribution in [0.3, 0.4) is 0 Å². The molecular formula is C9H8N2O3. The molecule has 2 rings (SSSR count). The van der Waals surface area contributed by atoms with Gasteiger partial charge in [-0.2, -0.15) is 0 Å². The van der Waals surface area contributed by atoms with Crippen LogP contribution in [0, 0.1) is 0 Å². The molecule has 0 radical (unpaired) electrons. The molecule has 1 aromatic heterocycles. The highest BCUT2D eigenvalue weighted by Crippen LogP contribution is 2.37. The summed E-state index contributed by atoms with van der Waals surface area (Å²) in [6.45, 7) is 0. The number of aldehydes is 1. The number of carboxylic acids is 1. The Labute approximate surface area is 79.8 Å². The van der Waals surface area contributed by atoms with Crippen LogP contribution in [-0.4, -0.2) is 27.3 Å². The number of hydrogen-bond acceptors (Lipinski definition) is 4. The fourth-order valence-electron chi connectivity index (χ4n) is 1.20. The number of nitrogens with zero attached hydrogens (tertiary/aromatic N) is 2. The third-order valence-electron chi connectivity index (χ3n) is 2.12. The Hall–Kier alpha value is -1.78.